The van der Waals surface area contributed by atoms with Crippen LogP contribution in [-0.4, -0.2) is 6.61 Å². The first-order valence-corrected chi connectivity index (χ1v) is 17.1. The van der Waals surface area contributed by atoms with E-state index < -0.39 is 11.6 Å². The zero-order valence-electron chi connectivity index (χ0n) is 26.6. The predicted octanol–water partition coefficient (Wildman–Crippen LogP) is 12.4. The van der Waals surface area contributed by atoms with Crippen LogP contribution in [-0.2, 0) is 0 Å². The van der Waals surface area contributed by atoms with Gasteiger partial charge in [0.2, 0.25) is 5.82 Å². The van der Waals surface area contributed by atoms with Crippen LogP contribution in [0.25, 0.3) is 22.3 Å². The molecule has 0 bridgehead atoms. The maximum atomic E-state index is 15.4. The number of halogens is 3. The summed E-state index contributed by atoms with van der Waals surface area (Å²) in [5, 5.41) is 0. The standard InChI is InChI=1S/C40H49F3O/c1-3-5-7-9-28-10-12-29(13-11-28)30-14-18-32(19-15-30)35-23-22-34(27-37(35)41)31-16-20-33(21-17-31)36-24-25-38(40(43)39(36)42)44-26-8-6-4-2/h3,5,16-17,20-25,27-30,32H,4,6-15,18-19,26H2,1-2H3. The molecule has 0 aliphatic heterocycles. The first kappa shape index (κ1) is 32.4. The summed E-state index contributed by atoms with van der Waals surface area (Å²) in [5.74, 6) is 0.782. The Morgan fingerprint density at radius 1 is 0.727 bits per heavy atom. The minimum absolute atomic E-state index is 0.0543. The first-order chi connectivity index (χ1) is 21.5. The third-order valence-electron chi connectivity index (χ3n) is 10.3. The molecule has 0 saturated heterocycles. The molecular formula is C40H49F3O. The number of unbranched alkanes of at least 4 members (excludes halogenated alkanes) is 2. The molecule has 44 heavy (non-hydrogen) atoms. The Labute approximate surface area is 262 Å². The fraction of sp³-hybridized carbons (Fsp3) is 0.500. The van der Waals surface area contributed by atoms with E-state index in [1.165, 1.54) is 57.4 Å². The van der Waals surface area contributed by atoms with Crippen LogP contribution in [0.2, 0.25) is 0 Å². The molecule has 0 spiro atoms. The fourth-order valence-corrected chi connectivity index (χ4v) is 7.63. The predicted molar refractivity (Wildman–Crippen MR) is 176 cm³/mol. The van der Waals surface area contributed by atoms with Crippen LogP contribution in [0.4, 0.5) is 13.2 Å². The Balaban J connectivity index is 1.16. The number of hydrogen-bond donors (Lipinski definition) is 0. The van der Waals surface area contributed by atoms with Crippen molar-refractivity contribution in [2.75, 3.05) is 6.61 Å². The fourth-order valence-electron chi connectivity index (χ4n) is 7.63. The molecule has 0 N–H and O–H groups in total. The lowest BCUT2D eigenvalue weighted by atomic mass is 9.68. The summed E-state index contributed by atoms with van der Waals surface area (Å²) in [6.45, 7) is 4.55. The van der Waals surface area contributed by atoms with Crippen molar-refractivity contribution in [2.45, 2.75) is 103 Å². The summed E-state index contributed by atoms with van der Waals surface area (Å²) in [5.41, 5.74) is 3.23. The van der Waals surface area contributed by atoms with Gasteiger partial charge in [-0.25, -0.2) is 8.78 Å². The Kier molecular flexibility index (Phi) is 11.6. The topological polar surface area (TPSA) is 9.23 Å². The highest BCUT2D eigenvalue weighted by atomic mass is 19.2. The van der Waals surface area contributed by atoms with Gasteiger partial charge in [-0.1, -0.05) is 81.2 Å². The van der Waals surface area contributed by atoms with Gasteiger partial charge in [0.25, 0.3) is 0 Å². The summed E-state index contributed by atoms with van der Waals surface area (Å²) in [7, 11) is 0. The lowest BCUT2D eigenvalue weighted by molar-refractivity contribution is 0.156. The van der Waals surface area contributed by atoms with Gasteiger partial charge in [-0.15, -0.1) is 0 Å². The number of ether oxygens (including phenoxy) is 1. The lowest BCUT2D eigenvalue weighted by Gasteiger charge is -2.38. The molecule has 3 aromatic carbocycles. The molecule has 0 unspecified atom stereocenters. The van der Waals surface area contributed by atoms with Crippen LogP contribution in [0.3, 0.4) is 0 Å². The molecule has 1 nitrogen and oxygen atoms in total. The summed E-state index contributed by atoms with van der Waals surface area (Å²) in [4.78, 5) is 0. The van der Waals surface area contributed by atoms with E-state index in [1.54, 1.807) is 24.3 Å². The first-order valence-electron chi connectivity index (χ1n) is 17.1. The van der Waals surface area contributed by atoms with Gasteiger partial charge in [-0.05, 0) is 129 Å². The number of rotatable bonds is 12. The molecule has 4 heteroatoms. The molecule has 0 radical (unpaired) electrons. The lowest BCUT2D eigenvalue weighted by Crippen LogP contribution is -2.25. The molecule has 0 atom stereocenters. The van der Waals surface area contributed by atoms with Gasteiger partial charge in [-0.3, -0.25) is 0 Å². The minimum atomic E-state index is -0.960. The van der Waals surface area contributed by atoms with E-state index in [0.29, 0.717) is 12.2 Å². The molecule has 0 heterocycles. The molecule has 2 fully saturated rings. The Morgan fingerprint density at radius 2 is 1.39 bits per heavy atom. The van der Waals surface area contributed by atoms with Gasteiger partial charge < -0.3 is 4.74 Å². The Bertz CT molecular complexity index is 1360. The van der Waals surface area contributed by atoms with Crippen molar-refractivity contribution in [3.8, 4) is 28.0 Å². The van der Waals surface area contributed by atoms with E-state index in [9.17, 15) is 8.78 Å². The second kappa shape index (κ2) is 15.8. The second-order valence-corrected chi connectivity index (χ2v) is 13.1. The van der Waals surface area contributed by atoms with Gasteiger partial charge in [0, 0.05) is 5.56 Å². The van der Waals surface area contributed by atoms with Crippen molar-refractivity contribution in [1.82, 2.24) is 0 Å². The van der Waals surface area contributed by atoms with E-state index in [4.69, 9.17) is 4.74 Å². The zero-order chi connectivity index (χ0) is 30.9. The molecule has 2 saturated carbocycles. The number of allylic oxidation sites excluding steroid dienone is 2. The number of hydrogen-bond acceptors (Lipinski definition) is 1. The molecule has 236 valence electrons. The average Bonchev–Trinajstić information content (AvgIpc) is 3.06. The second-order valence-electron chi connectivity index (χ2n) is 13.1. The van der Waals surface area contributed by atoms with Gasteiger partial charge >= 0.3 is 0 Å². The van der Waals surface area contributed by atoms with Crippen molar-refractivity contribution in [3.05, 3.63) is 89.8 Å². The van der Waals surface area contributed by atoms with Crippen molar-refractivity contribution in [1.29, 1.82) is 0 Å². The highest BCUT2D eigenvalue weighted by molar-refractivity contribution is 5.71. The third-order valence-corrected chi connectivity index (χ3v) is 10.3. The zero-order valence-corrected chi connectivity index (χ0v) is 26.6. The Morgan fingerprint density at radius 3 is 2.05 bits per heavy atom. The van der Waals surface area contributed by atoms with Crippen LogP contribution >= 0.6 is 0 Å². The molecular weight excluding hydrogens is 553 g/mol. The highest BCUT2D eigenvalue weighted by Gasteiger charge is 2.32. The molecule has 3 aromatic rings. The van der Waals surface area contributed by atoms with Gasteiger partial charge in [0.15, 0.2) is 11.6 Å². The monoisotopic (exact) mass is 602 g/mol. The Hall–Kier alpha value is -3.01. The molecule has 2 aliphatic rings. The molecule has 2 aliphatic carbocycles. The van der Waals surface area contributed by atoms with Crippen molar-refractivity contribution in [2.24, 2.45) is 17.8 Å². The maximum Gasteiger partial charge on any atom is 0.201 e. The van der Waals surface area contributed by atoms with Crippen LogP contribution < -0.4 is 4.74 Å². The van der Waals surface area contributed by atoms with Crippen molar-refractivity contribution >= 4 is 0 Å². The van der Waals surface area contributed by atoms with Crippen molar-refractivity contribution < 1.29 is 17.9 Å². The van der Waals surface area contributed by atoms with Gasteiger partial charge in [-0.2, -0.15) is 4.39 Å². The van der Waals surface area contributed by atoms with E-state index in [1.807, 2.05) is 24.3 Å². The summed E-state index contributed by atoms with van der Waals surface area (Å²) in [6, 6.07) is 15.9. The summed E-state index contributed by atoms with van der Waals surface area (Å²) >= 11 is 0. The van der Waals surface area contributed by atoms with E-state index >= 15 is 4.39 Å². The van der Waals surface area contributed by atoms with E-state index in [2.05, 4.69) is 26.0 Å². The third kappa shape index (κ3) is 7.98. The van der Waals surface area contributed by atoms with Gasteiger partial charge in [0.1, 0.15) is 5.82 Å². The van der Waals surface area contributed by atoms with Crippen LogP contribution in [0.1, 0.15) is 109 Å². The summed E-state index contributed by atoms with van der Waals surface area (Å²) in [6.07, 6.45) is 19.9. The van der Waals surface area contributed by atoms with Crippen molar-refractivity contribution in [3.63, 3.8) is 0 Å². The largest absolute Gasteiger partial charge is 0.490 e. The smallest absolute Gasteiger partial charge is 0.201 e. The SMILES string of the molecule is CC=CCCC1CCC(C2CCC(c3ccc(-c4ccc(-c5ccc(OCCCCC)c(F)c5F)cc4)cc3F)CC2)CC1. The van der Waals surface area contributed by atoms with Gasteiger partial charge in [0.05, 0.1) is 6.61 Å². The number of benzene rings is 3. The van der Waals surface area contributed by atoms with Crippen LogP contribution in [0.15, 0.2) is 66.7 Å². The maximum absolute atomic E-state index is 15.4. The van der Waals surface area contributed by atoms with E-state index in [-0.39, 0.29) is 23.0 Å². The van der Waals surface area contributed by atoms with E-state index in [0.717, 1.165) is 66.5 Å². The molecule has 0 aromatic heterocycles. The quantitative estimate of drug-likeness (QED) is 0.148. The normalized spacial score (nSPS) is 22.4. The molecule has 5 rings (SSSR count). The highest BCUT2D eigenvalue weighted by Crippen LogP contribution is 2.45. The average molecular weight is 603 g/mol. The molecule has 0 amide bonds. The van der Waals surface area contributed by atoms with Crippen LogP contribution in [0, 0.1) is 35.2 Å². The van der Waals surface area contributed by atoms with Crippen LogP contribution in [0.5, 0.6) is 5.75 Å². The minimum Gasteiger partial charge on any atom is -0.490 e. The summed E-state index contributed by atoms with van der Waals surface area (Å²) < 4.78 is 50.5.